The second kappa shape index (κ2) is 6.71. The van der Waals surface area contributed by atoms with E-state index in [9.17, 15) is 9.59 Å². The average Bonchev–Trinajstić information content (AvgIpc) is 2.82. The van der Waals surface area contributed by atoms with Gasteiger partial charge in [-0.2, -0.15) is 0 Å². The van der Waals surface area contributed by atoms with Crippen molar-refractivity contribution in [3.8, 4) is 0 Å². The number of hydrogen-bond acceptors (Lipinski definition) is 3. The Hall–Kier alpha value is -1.88. The Labute approximate surface area is 137 Å². The minimum atomic E-state index is -0.423. The van der Waals surface area contributed by atoms with E-state index >= 15 is 0 Å². The average molecular weight is 315 g/mol. The Bertz CT molecular complexity index is 565. The summed E-state index contributed by atoms with van der Waals surface area (Å²) in [6.07, 6.45) is 2.30. The minimum absolute atomic E-state index is 0.0401. The Morgan fingerprint density at radius 1 is 1.13 bits per heavy atom. The van der Waals surface area contributed by atoms with Gasteiger partial charge in [-0.05, 0) is 32.3 Å². The van der Waals surface area contributed by atoms with Crippen LogP contribution in [0.3, 0.4) is 0 Å². The molecule has 5 nitrogen and oxygen atoms in total. The van der Waals surface area contributed by atoms with Gasteiger partial charge in [0.05, 0.1) is 0 Å². The standard InChI is InChI=1S/C18H25N3O2/c1-13(2)20-10-8-15(9-11-20)21-17(22)16(19-18(21)23)12-14-6-4-3-5-7-14/h3-7,13,15-16H,8-12H2,1-2H3,(H,19,23). The van der Waals surface area contributed by atoms with Crippen LogP contribution < -0.4 is 5.32 Å². The van der Waals surface area contributed by atoms with Crippen LogP contribution in [-0.4, -0.2) is 53.0 Å². The smallest absolute Gasteiger partial charge is 0.325 e. The number of urea groups is 1. The van der Waals surface area contributed by atoms with E-state index in [-0.39, 0.29) is 18.0 Å². The molecule has 1 aromatic carbocycles. The molecular formula is C18H25N3O2. The second-order valence-corrected chi connectivity index (χ2v) is 6.76. The molecule has 1 aromatic rings. The van der Waals surface area contributed by atoms with Crippen LogP contribution in [0.15, 0.2) is 30.3 Å². The highest BCUT2D eigenvalue weighted by atomic mass is 16.2. The SMILES string of the molecule is CC(C)N1CCC(N2C(=O)NC(Cc3ccccc3)C2=O)CC1. The van der Waals surface area contributed by atoms with Crippen molar-refractivity contribution < 1.29 is 9.59 Å². The zero-order chi connectivity index (χ0) is 16.4. The molecule has 2 aliphatic rings. The first kappa shape index (κ1) is 16.0. The predicted octanol–water partition coefficient (Wildman–Crippen LogP) is 2.02. The van der Waals surface area contributed by atoms with Gasteiger partial charge in [-0.3, -0.25) is 9.69 Å². The quantitative estimate of drug-likeness (QED) is 0.865. The van der Waals surface area contributed by atoms with Crippen LogP contribution in [0.1, 0.15) is 32.3 Å². The molecule has 0 radical (unpaired) electrons. The molecule has 0 saturated carbocycles. The lowest BCUT2D eigenvalue weighted by molar-refractivity contribution is -0.129. The fraction of sp³-hybridized carbons (Fsp3) is 0.556. The van der Waals surface area contributed by atoms with Crippen molar-refractivity contribution >= 4 is 11.9 Å². The normalized spacial score (nSPS) is 23.6. The maximum atomic E-state index is 12.7. The zero-order valence-electron chi connectivity index (χ0n) is 13.9. The number of rotatable bonds is 4. The fourth-order valence-corrected chi connectivity index (χ4v) is 3.54. The number of piperidine rings is 1. The van der Waals surface area contributed by atoms with Crippen LogP contribution >= 0.6 is 0 Å². The van der Waals surface area contributed by atoms with Crippen molar-refractivity contribution in [2.24, 2.45) is 0 Å². The van der Waals surface area contributed by atoms with E-state index in [1.54, 1.807) is 0 Å². The van der Waals surface area contributed by atoms with Gasteiger partial charge in [-0.1, -0.05) is 30.3 Å². The number of carbonyl (C=O) groups is 2. The largest absolute Gasteiger partial charge is 0.325 e. The van der Waals surface area contributed by atoms with Crippen molar-refractivity contribution in [2.75, 3.05) is 13.1 Å². The highest BCUT2D eigenvalue weighted by Crippen LogP contribution is 2.23. The highest BCUT2D eigenvalue weighted by Gasteiger charge is 2.42. The molecule has 2 saturated heterocycles. The topological polar surface area (TPSA) is 52.6 Å². The zero-order valence-corrected chi connectivity index (χ0v) is 13.9. The summed E-state index contributed by atoms with van der Waals surface area (Å²) in [7, 11) is 0. The second-order valence-electron chi connectivity index (χ2n) is 6.76. The van der Waals surface area contributed by atoms with Crippen LogP contribution in [0.4, 0.5) is 4.79 Å². The summed E-state index contributed by atoms with van der Waals surface area (Å²) in [6, 6.07) is 9.75. The molecule has 2 fully saturated rings. The van der Waals surface area contributed by atoms with E-state index in [1.807, 2.05) is 30.3 Å². The van der Waals surface area contributed by atoms with Crippen molar-refractivity contribution in [3.63, 3.8) is 0 Å². The molecule has 0 spiro atoms. The van der Waals surface area contributed by atoms with Crippen LogP contribution in [0.5, 0.6) is 0 Å². The van der Waals surface area contributed by atoms with Crippen LogP contribution in [0, 0.1) is 0 Å². The van der Waals surface area contributed by atoms with E-state index in [0.29, 0.717) is 12.5 Å². The van der Waals surface area contributed by atoms with Gasteiger partial charge in [0.25, 0.3) is 5.91 Å². The maximum absolute atomic E-state index is 12.7. The Balaban J connectivity index is 1.63. The minimum Gasteiger partial charge on any atom is -0.325 e. The van der Waals surface area contributed by atoms with E-state index in [0.717, 1.165) is 31.5 Å². The molecule has 1 atom stereocenters. The molecule has 1 N–H and O–H groups in total. The number of hydrogen-bond donors (Lipinski definition) is 1. The molecule has 3 rings (SSSR count). The van der Waals surface area contributed by atoms with Gasteiger partial charge in [0.1, 0.15) is 6.04 Å². The summed E-state index contributed by atoms with van der Waals surface area (Å²) >= 11 is 0. The molecule has 2 heterocycles. The summed E-state index contributed by atoms with van der Waals surface area (Å²) in [4.78, 5) is 28.8. The first-order chi connectivity index (χ1) is 11.1. The lowest BCUT2D eigenvalue weighted by atomic mass is 10.0. The summed E-state index contributed by atoms with van der Waals surface area (Å²) in [5.74, 6) is -0.0677. The number of carbonyl (C=O) groups excluding carboxylic acids is 2. The summed E-state index contributed by atoms with van der Waals surface area (Å²) in [5.41, 5.74) is 1.07. The maximum Gasteiger partial charge on any atom is 0.325 e. The van der Waals surface area contributed by atoms with Crippen LogP contribution in [0.2, 0.25) is 0 Å². The summed E-state index contributed by atoms with van der Waals surface area (Å²) in [6.45, 7) is 6.26. The monoisotopic (exact) mass is 315 g/mol. The number of amides is 3. The van der Waals surface area contributed by atoms with Crippen molar-refractivity contribution in [1.29, 1.82) is 0 Å². The van der Waals surface area contributed by atoms with Gasteiger partial charge < -0.3 is 10.2 Å². The Morgan fingerprint density at radius 2 is 1.78 bits per heavy atom. The first-order valence-electron chi connectivity index (χ1n) is 8.48. The number of nitrogens with zero attached hydrogens (tertiary/aromatic N) is 2. The number of imide groups is 1. The third kappa shape index (κ3) is 3.39. The van der Waals surface area contributed by atoms with Crippen LogP contribution in [-0.2, 0) is 11.2 Å². The van der Waals surface area contributed by atoms with Crippen molar-refractivity contribution in [2.45, 2.75) is 51.2 Å². The van der Waals surface area contributed by atoms with Gasteiger partial charge in [0, 0.05) is 31.6 Å². The fourth-order valence-electron chi connectivity index (χ4n) is 3.54. The van der Waals surface area contributed by atoms with Gasteiger partial charge >= 0.3 is 6.03 Å². The highest BCUT2D eigenvalue weighted by molar-refractivity contribution is 6.04. The predicted molar refractivity (Wildman–Crippen MR) is 89.0 cm³/mol. The number of nitrogens with one attached hydrogen (secondary N) is 1. The summed E-state index contributed by atoms with van der Waals surface area (Å²) in [5, 5.41) is 2.86. The van der Waals surface area contributed by atoms with E-state index in [1.165, 1.54) is 4.90 Å². The lowest BCUT2D eigenvalue weighted by Crippen LogP contribution is -2.49. The third-order valence-electron chi connectivity index (χ3n) is 4.93. The first-order valence-corrected chi connectivity index (χ1v) is 8.48. The summed E-state index contributed by atoms with van der Waals surface area (Å²) < 4.78 is 0. The van der Waals surface area contributed by atoms with E-state index < -0.39 is 6.04 Å². The lowest BCUT2D eigenvalue weighted by Gasteiger charge is -2.37. The number of benzene rings is 1. The molecule has 0 aliphatic carbocycles. The van der Waals surface area contributed by atoms with Crippen LogP contribution in [0.25, 0.3) is 0 Å². The Kier molecular flexibility index (Phi) is 4.66. The van der Waals surface area contributed by atoms with Crippen molar-refractivity contribution in [1.82, 2.24) is 15.1 Å². The van der Waals surface area contributed by atoms with Gasteiger partial charge in [-0.25, -0.2) is 4.79 Å². The van der Waals surface area contributed by atoms with Gasteiger partial charge in [0.2, 0.25) is 0 Å². The third-order valence-corrected chi connectivity index (χ3v) is 4.93. The molecule has 2 aliphatic heterocycles. The molecule has 0 bridgehead atoms. The molecule has 0 aromatic heterocycles. The van der Waals surface area contributed by atoms with Crippen molar-refractivity contribution in [3.05, 3.63) is 35.9 Å². The number of likely N-dealkylation sites (tertiary alicyclic amines) is 1. The van der Waals surface area contributed by atoms with E-state index in [2.05, 4.69) is 24.1 Å². The molecular weight excluding hydrogens is 290 g/mol. The Morgan fingerprint density at radius 3 is 2.39 bits per heavy atom. The molecule has 1 unspecified atom stereocenters. The van der Waals surface area contributed by atoms with Gasteiger partial charge in [0.15, 0.2) is 0 Å². The van der Waals surface area contributed by atoms with E-state index in [4.69, 9.17) is 0 Å². The molecule has 23 heavy (non-hydrogen) atoms. The molecule has 5 heteroatoms. The molecule has 124 valence electrons. The van der Waals surface area contributed by atoms with Gasteiger partial charge in [-0.15, -0.1) is 0 Å². The molecule has 3 amide bonds.